The first kappa shape index (κ1) is 17.1. The Morgan fingerprint density at radius 3 is 2.52 bits per heavy atom. The molecule has 136 valence electrons. The van der Waals surface area contributed by atoms with Crippen LogP contribution in [-0.2, 0) is 6.42 Å². The number of nitrogens with zero attached hydrogens (tertiary/aromatic N) is 4. The normalized spacial score (nSPS) is 12.3. The number of halogens is 1. The molecule has 27 heavy (non-hydrogen) atoms. The van der Waals surface area contributed by atoms with Crippen molar-refractivity contribution < 1.29 is 4.39 Å². The lowest BCUT2D eigenvalue weighted by atomic mass is 10.1. The smallest absolute Gasteiger partial charge is 0.188 e. The number of nitrogens with one attached hydrogen (secondary N) is 1. The summed E-state index contributed by atoms with van der Waals surface area (Å²) < 4.78 is 15.7. The van der Waals surface area contributed by atoms with Crippen LogP contribution in [0, 0.1) is 5.82 Å². The fourth-order valence-electron chi connectivity index (χ4n) is 3.02. The quantitative estimate of drug-likeness (QED) is 0.561. The lowest BCUT2D eigenvalue weighted by Gasteiger charge is -2.15. The molecule has 1 N–H and O–H groups in total. The second-order valence-corrected chi connectivity index (χ2v) is 6.45. The molecule has 0 saturated heterocycles. The van der Waals surface area contributed by atoms with Crippen LogP contribution < -0.4 is 5.32 Å². The number of benzene rings is 2. The van der Waals surface area contributed by atoms with Gasteiger partial charge in [-0.1, -0.05) is 43.3 Å². The van der Waals surface area contributed by atoms with Crippen LogP contribution in [0.1, 0.15) is 31.0 Å². The Bertz CT molecular complexity index is 1070. The minimum absolute atomic E-state index is 0.0780. The molecule has 2 aromatic carbocycles. The van der Waals surface area contributed by atoms with Crippen molar-refractivity contribution >= 4 is 11.5 Å². The van der Waals surface area contributed by atoms with E-state index < -0.39 is 0 Å². The fourth-order valence-corrected chi connectivity index (χ4v) is 3.02. The molecule has 0 radical (unpaired) electrons. The molecule has 0 spiro atoms. The molecule has 0 aliphatic heterocycles. The molecule has 0 aliphatic rings. The molecule has 0 aliphatic carbocycles. The molecular weight excluding hydrogens is 341 g/mol. The van der Waals surface area contributed by atoms with Gasteiger partial charge in [-0.15, -0.1) is 15.3 Å². The van der Waals surface area contributed by atoms with Crippen LogP contribution >= 0.6 is 0 Å². The van der Waals surface area contributed by atoms with Crippen LogP contribution in [0.15, 0.2) is 60.7 Å². The van der Waals surface area contributed by atoms with E-state index in [0.29, 0.717) is 22.9 Å². The van der Waals surface area contributed by atoms with E-state index in [0.717, 1.165) is 6.42 Å². The largest absolute Gasteiger partial charge is 0.362 e. The lowest BCUT2D eigenvalue weighted by molar-refractivity contribution is 0.629. The molecule has 0 saturated carbocycles. The molecule has 0 unspecified atom stereocenters. The molecule has 0 bridgehead atoms. The molecule has 0 fully saturated rings. The second-order valence-electron chi connectivity index (χ2n) is 6.45. The highest BCUT2D eigenvalue weighted by molar-refractivity contribution is 5.60. The minimum Gasteiger partial charge on any atom is -0.362 e. The van der Waals surface area contributed by atoms with Crippen molar-refractivity contribution in [2.75, 3.05) is 5.32 Å². The van der Waals surface area contributed by atoms with Crippen molar-refractivity contribution in [1.82, 2.24) is 19.8 Å². The monoisotopic (exact) mass is 361 g/mol. The number of hydrogen-bond acceptors (Lipinski definition) is 4. The third-order valence-corrected chi connectivity index (χ3v) is 4.63. The number of aryl methyl sites for hydroxylation is 1. The number of rotatable bonds is 5. The molecule has 6 heteroatoms. The van der Waals surface area contributed by atoms with Gasteiger partial charge in [-0.05, 0) is 48.7 Å². The van der Waals surface area contributed by atoms with E-state index in [1.54, 1.807) is 22.7 Å². The Hall–Kier alpha value is -3.28. The number of anilines is 1. The van der Waals surface area contributed by atoms with Gasteiger partial charge in [0.2, 0.25) is 0 Å². The Balaban J connectivity index is 1.65. The summed E-state index contributed by atoms with van der Waals surface area (Å²) in [6.07, 6.45) is 1.02. The van der Waals surface area contributed by atoms with Crippen molar-refractivity contribution in [1.29, 1.82) is 0 Å². The van der Waals surface area contributed by atoms with Crippen LogP contribution in [-0.4, -0.2) is 19.8 Å². The van der Waals surface area contributed by atoms with Gasteiger partial charge in [0.25, 0.3) is 0 Å². The molecule has 4 aromatic rings. The zero-order chi connectivity index (χ0) is 18.8. The Morgan fingerprint density at radius 2 is 1.78 bits per heavy atom. The number of hydrogen-bond donors (Lipinski definition) is 1. The minimum atomic E-state index is -0.351. The third kappa shape index (κ3) is 3.38. The van der Waals surface area contributed by atoms with Gasteiger partial charge in [0.1, 0.15) is 11.6 Å². The van der Waals surface area contributed by atoms with Gasteiger partial charge in [-0.25, -0.2) is 4.39 Å². The Morgan fingerprint density at radius 1 is 1.00 bits per heavy atom. The molecule has 2 heterocycles. The Labute approximate surface area is 156 Å². The predicted octanol–water partition coefficient (Wildman–Crippen LogP) is 4.67. The van der Waals surface area contributed by atoms with Crippen LogP contribution in [0.25, 0.3) is 17.0 Å². The summed E-state index contributed by atoms with van der Waals surface area (Å²) in [5.41, 5.74) is 3.42. The predicted molar refractivity (Wildman–Crippen MR) is 104 cm³/mol. The summed E-state index contributed by atoms with van der Waals surface area (Å²) >= 11 is 0. The highest BCUT2D eigenvalue weighted by atomic mass is 19.1. The fraction of sp³-hybridized carbons (Fsp3) is 0.190. The highest BCUT2D eigenvalue weighted by Gasteiger charge is 2.14. The van der Waals surface area contributed by atoms with Crippen molar-refractivity contribution in [3.8, 4) is 11.4 Å². The van der Waals surface area contributed by atoms with Gasteiger partial charge in [-0.3, -0.25) is 0 Å². The summed E-state index contributed by atoms with van der Waals surface area (Å²) in [5, 5.41) is 16.2. The van der Waals surface area contributed by atoms with E-state index in [4.69, 9.17) is 0 Å². The van der Waals surface area contributed by atoms with E-state index in [1.807, 2.05) is 12.1 Å². The first-order valence-corrected chi connectivity index (χ1v) is 8.98. The summed E-state index contributed by atoms with van der Waals surface area (Å²) in [6, 6.07) is 18.8. The zero-order valence-corrected chi connectivity index (χ0v) is 15.2. The molecule has 1 atom stereocenters. The van der Waals surface area contributed by atoms with E-state index >= 15 is 0 Å². The number of aromatic nitrogens is 4. The van der Waals surface area contributed by atoms with E-state index in [-0.39, 0.29) is 11.9 Å². The maximum Gasteiger partial charge on any atom is 0.188 e. The van der Waals surface area contributed by atoms with E-state index in [1.165, 1.54) is 17.2 Å². The van der Waals surface area contributed by atoms with Gasteiger partial charge in [-0.2, -0.15) is 4.52 Å². The van der Waals surface area contributed by atoms with Gasteiger partial charge in [0.05, 0.1) is 5.56 Å². The lowest BCUT2D eigenvalue weighted by Crippen LogP contribution is -2.10. The van der Waals surface area contributed by atoms with Gasteiger partial charge in [0, 0.05) is 6.04 Å². The summed E-state index contributed by atoms with van der Waals surface area (Å²) in [4.78, 5) is 0. The van der Waals surface area contributed by atoms with E-state index in [9.17, 15) is 4.39 Å². The third-order valence-electron chi connectivity index (χ3n) is 4.63. The average molecular weight is 361 g/mol. The standard InChI is InChI=1S/C21H20FN5/c1-3-15-8-10-16(11-9-15)14(2)23-19-12-13-20-24-25-21(27(20)26-19)17-6-4-5-7-18(17)22/h4-14H,3H2,1-2H3,(H,23,26)/t14-/m1/s1. The topological polar surface area (TPSA) is 55.1 Å². The zero-order valence-electron chi connectivity index (χ0n) is 15.2. The molecule has 4 rings (SSSR count). The highest BCUT2D eigenvalue weighted by Crippen LogP contribution is 2.23. The van der Waals surface area contributed by atoms with Crippen LogP contribution in [0.4, 0.5) is 10.2 Å². The maximum atomic E-state index is 14.2. The summed E-state index contributed by atoms with van der Waals surface area (Å²) in [5.74, 6) is 0.704. The van der Waals surface area contributed by atoms with Crippen molar-refractivity contribution in [2.24, 2.45) is 0 Å². The summed E-state index contributed by atoms with van der Waals surface area (Å²) in [7, 11) is 0. The first-order chi connectivity index (χ1) is 13.2. The molecule has 2 aromatic heterocycles. The van der Waals surface area contributed by atoms with Gasteiger partial charge in [0.15, 0.2) is 11.5 Å². The molecular formula is C21H20FN5. The second kappa shape index (κ2) is 7.15. The van der Waals surface area contributed by atoms with Gasteiger partial charge >= 0.3 is 0 Å². The van der Waals surface area contributed by atoms with Gasteiger partial charge < -0.3 is 5.32 Å². The van der Waals surface area contributed by atoms with Crippen molar-refractivity contribution in [3.63, 3.8) is 0 Å². The molecule has 0 amide bonds. The van der Waals surface area contributed by atoms with E-state index in [2.05, 4.69) is 58.7 Å². The Kier molecular flexibility index (Phi) is 4.54. The molecule has 5 nitrogen and oxygen atoms in total. The average Bonchev–Trinajstić information content (AvgIpc) is 3.11. The summed E-state index contributed by atoms with van der Waals surface area (Å²) in [6.45, 7) is 4.22. The number of fused-ring (bicyclic) bond motifs is 1. The van der Waals surface area contributed by atoms with Crippen molar-refractivity contribution in [3.05, 3.63) is 77.6 Å². The first-order valence-electron chi connectivity index (χ1n) is 8.98. The van der Waals surface area contributed by atoms with Crippen LogP contribution in [0.3, 0.4) is 0 Å². The maximum absolute atomic E-state index is 14.2. The SMILES string of the molecule is CCc1ccc([C@@H](C)Nc2ccc3nnc(-c4ccccc4F)n3n2)cc1. The van der Waals surface area contributed by atoms with Crippen LogP contribution in [0.5, 0.6) is 0 Å². The van der Waals surface area contributed by atoms with Crippen LogP contribution in [0.2, 0.25) is 0 Å². The van der Waals surface area contributed by atoms with Crippen molar-refractivity contribution in [2.45, 2.75) is 26.3 Å².